The Kier molecular flexibility index (Phi) is 5.84. The van der Waals surface area contributed by atoms with Crippen molar-refractivity contribution in [2.24, 2.45) is 7.05 Å². The Balaban J connectivity index is 1.97. The molecule has 1 atom stereocenters. The monoisotopic (exact) mass is 428 g/mol. The molecule has 0 aliphatic rings. The van der Waals surface area contributed by atoms with Gasteiger partial charge < -0.3 is 5.32 Å². The van der Waals surface area contributed by atoms with Crippen molar-refractivity contribution in [3.63, 3.8) is 0 Å². The number of benzene rings is 2. The van der Waals surface area contributed by atoms with Crippen LogP contribution >= 0.6 is 0 Å². The minimum atomic E-state index is -3.74. The normalized spacial score (nSPS) is 12.4. The third-order valence-electron chi connectivity index (χ3n) is 4.90. The van der Waals surface area contributed by atoms with Crippen LogP contribution in [0.15, 0.2) is 65.5 Å². The molecule has 0 saturated carbocycles. The first kappa shape index (κ1) is 21.4. The fourth-order valence-electron chi connectivity index (χ4n) is 3.32. The summed E-state index contributed by atoms with van der Waals surface area (Å²) >= 11 is 0. The lowest BCUT2D eigenvalue weighted by atomic mass is 10.2. The smallest absolute Gasteiger partial charge is 0.295 e. The van der Waals surface area contributed by atoms with Gasteiger partial charge >= 0.3 is 0 Å². The van der Waals surface area contributed by atoms with E-state index in [4.69, 9.17) is 0 Å². The van der Waals surface area contributed by atoms with Gasteiger partial charge in [-0.15, -0.1) is 0 Å². The molecule has 1 N–H and O–H groups in total. The Morgan fingerprint density at radius 1 is 1.03 bits per heavy atom. The van der Waals surface area contributed by atoms with E-state index in [9.17, 15) is 18.0 Å². The fraction of sp³-hybridized carbons (Fsp3) is 0.238. The van der Waals surface area contributed by atoms with Crippen LogP contribution in [0.2, 0.25) is 0 Å². The molecule has 0 spiro atoms. The van der Waals surface area contributed by atoms with Crippen molar-refractivity contribution in [1.29, 1.82) is 0 Å². The molecule has 0 bridgehead atoms. The Morgan fingerprint density at radius 2 is 1.57 bits per heavy atom. The van der Waals surface area contributed by atoms with E-state index in [2.05, 4.69) is 5.32 Å². The first-order chi connectivity index (χ1) is 14.1. The molecule has 9 heteroatoms. The summed E-state index contributed by atoms with van der Waals surface area (Å²) in [7, 11) is -2.02. The van der Waals surface area contributed by atoms with E-state index in [0.29, 0.717) is 17.1 Å². The lowest BCUT2D eigenvalue weighted by Crippen LogP contribution is -2.45. The molecule has 0 fully saturated rings. The molecule has 0 saturated heterocycles. The van der Waals surface area contributed by atoms with Gasteiger partial charge in [0.1, 0.15) is 11.7 Å². The maximum Gasteiger partial charge on any atom is 0.295 e. The summed E-state index contributed by atoms with van der Waals surface area (Å²) in [5.41, 5.74) is 1.29. The molecule has 30 heavy (non-hydrogen) atoms. The van der Waals surface area contributed by atoms with Gasteiger partial charge in [0.15, 0.2) is 0 Å². The quantitative estimate of drug-likeness (QED) is 0.652. The van der Waals surface area contributed by atoms with Crippen molar-refractivity contribution in [1.82, 2.24) is 9.36 Å². The molecule has 1 aromatic heterocycles. The van der Waals surface area contributed by atoms with Gasteiger partial charge in [-0.2, -0.15) is 0 Å². The number of rotatable bonds is 6. The first-order valence-corrected chi connectivity index (χ1v) is 11.2. The van der Waals surface area contributed by atoms with E-state index in [1.165, 1.54) is 11.6 Å². The Bertz CT molecular complexity index is 1220. The topological polar surface area (TPSA) is 93.4 Å². The number of carbonyl (C=O) groups excluding carboxylic acids is 1. The predicted octanol–water partition coefficient (Wildman–Crippen LogP) is 2.28. The number of hydrogen-bond acceptors (Lipinski definition) is 4. The maximum absolute atomic E-state index is 13.0. The highest BCUT2D eigenvalue weighted by atomic mass is 32.2. The van der Waals surface area contributed by atoms with Gasteiger partial charge in [-0.1, -0.05) is 36.4 Å². The third-order valence-corrected chi connectivity index (χ3v) is 6.14. The highest BCUT2D eigenvalue weighted by Gasteiger charge is 2.30. The Labute approximate surface area is 175 Å². The van der Waals surface area contributed by atoms with Gasteiger partial charge in [0, 0.05) is 7.05 Å². The van der Waals surface area contributed by atoms with Crippen molar-refractivity contribution in [3.8, 4) is 5.69 Å². The van der Waals surface area contributed by atoms with Crippen LogP contribution in [0.25, 0.3) is 5.69 Å². The summed E-state index contributed by atoms with van der Waals surface area (Å²) in [6.45, 7) is 3.20. The minimum absolute atomic E-state index is 0.111. The summed E-state index contributed by atoms with van der Waals surface area (Å²) < 4.78 is 28.9. The lowest BCUT2D eigenvalue weighted by molar-refractivity contribution is -0.116. The van der Waals surface area contributed by atoms with Gasteiger partial charge in [0.05, 0.1) is 23.3 Å². The maximum atomic E-state index is 13.0. The van der Waals surface area contributed by atoms with Crippen molar-refractivity contribution in [3.05, 3.63) is 76.7 Å². The van der Waals surface area contributed by atoms with Gasteiger partial charge in [0.2, 0.25) is 15.9 Å². The molecule has 3 aromatic rings. The number of nitrogens with zero attached hydrogens (tertiary/aromatic N) is 3. The van der Waals surface area contributed by atoms with E-state index in [-0.39, 0.29) is 5.69 Å². The second-order valence-corrected chi connectivity index (χ2v) is 8.86. The standard InChI is InChI=1S/C21H24N4O4S/c1-15-19(21(27)24(23(15)3)17-11-7-5-8-12-17)22-20(26)16(2)25(30(4,28)29)18-13-9-6-10-14-18/h5-14,16H,1-4H3,(H,22,26)/t16-/m0/s1. The van der Waals surface area contributed by atoms with E-state index in [1.807, 2.05) is 18.2 Å². The van der Waals surface area contributed by atoms with E-state index < -0.39 is 27.5 Å². The van der Waals surface area contributed by atoms with Crippen molar-refractivity contribution in [2.75, 3.05) is 15.9 Å². The fourth-order valence-corrected chi connectivity index (χ4v) is 4.50. The molecule has 2 aromatic carbocycles. The lowest BCUT2D eigenvalue weighted by Gasteiger charge is -2.28. The third kappa shape index (κ3) is 4.02. The van der Waals surface area contributed by atoms with E-state index in [0.717, 1.165) is 10.6 Å². The summed E-state index contributed by atoms with van der Waals surface area (Å²) in [5, 5.41) is 2.63. The molecular formula is C21H24N4O4S. The molecule has 158 valence electrons. The average molecular weight is 429 g/mol. The number of amides is 1. The second-order valence-electron chi connectivity index (χ2n) is 7.00. The highest BCUT2D eigenvalue weighted by molar-refractivity contribution is 7.92. The number of para-hydroxylation sites is 2. The molecule has 0 radical (unpaired) electrons. The van der Waals surface area contributed by atoms with E-state index >= 15 is 0 Å². The molecular weight excluding hydrogens is 404 g/mol. The van der Waals surface area contributed by atoms with Crippen LogP contribution < -0.4 is 15.2 Å². The van der Waals surface area contributed by atoms with Crippen LogP contribution in [-0.2, 0) is 21.9 Å². The largest absolute Gasteiger partial charge is 0.318 e. The van der Waals surface area contributed by atoms with Gasteiger partial charge in [-0.25, -0.2) is 13.1 Å². The number of hydrogen-bond donors (Lipinski definition) is 1. The zero-order valence-electron chi connectivity index (χ0n) is 17.2. The van der Waals surface area contributed by atoms with Crippen LogP contribution in [0.5, 0.6) is 0 Å². The molecule has 1 heterocycles. The molecule has 3 rings (SSSR count). The van der Waals surface area contributed by atoms with Crippen molar-refractivity contribution < 1.29 is 13.2 Å². The summed E-state index contributed by atoms with van der Waals surface area (Å²) in [4.78, 5) is 26.0. The van der Waals surface area contributed by atoms with Crippen LogP contribution in [0, 0.1) is 6.92 Å². The van der Waals surface area contributed by atoms with E-state index in [1.54, 1.807) is 61.1 Å². The molecule has 0 unspecified atom stereocenters. The molecule has 1 amide bonds. The number of anilines is 2. The van der Waals surface area contributed by atoms with Crippen molar-refractivity contribution >= 4 is 27.3 Å². The van der Waals surface area contributed by atoms with Gasteiger partial charge in [0.25, 0.3) is 5.56 Å². The van der Waals surface area contributed by atoms with Crippen LogP contribution in [0.4, 0.5) is 11.4 Å². The second kappa shape index (κ2) is 8.19. The number of aromatic nitrogens is 2. The van der Waals surface area contributed by atoms with Crippen LogP contribution in [0.1, 0.15) is 12.6 Å². The van der Waals surface area contributed by atoms with Crippen molar-refractivity contribution in [2.45, 2.75) is 19.9 Å². The summed E-state index contributed by atoms with van der Waals surface area (Å²) in [6.07, 6.45) is 1.04. The minimum Gasteiger partial charge on any atom is -0.318 e. The van der Waals surface area contributed by atoms with Gasteiger partial charge in [-0.05, 0) is 38.1 Å². The predicted molar refractivity (Wildman–Crippen MR) is 118 cm³/mol. The molecule has 8 nitrogen and oxygen atoms in total. The highest BCUT2D eigenvalue weighted by Crippen LogP contribution is 2.21. The Morgan fingerprint density at radius 3 is 2.10 bits per heavy atom. The molecule has 0 aliphatic heterocycles. The zero-order chi connectivity index (χ0) is 22.1. The van der Waals surface area contributed by atoms with Crippen LogP contribution in [0.3, 0.4) is 0 Å². The number of carbonyl (C=O) groups is 1. The van der Waals surface area contributed by atoms with Crippen LogP contribution in [-0.4, -0.2) is 36.0 Å². The number of sulfonamides is 1. The SMILES string of the molecule is Cc1c(NC(=O)[C@H](C)N(c2ccccc2)S(C)(=O)=O)c(=O)n(-c2ccccc2)n1C. The number of nitrogens with one attached hydrogen (secondary N) is 1. The zero-order valence-corrected chi connectivity index (χ0v) is 18.1. The first-order valence-electron chi connectivity index (χ1n) is 9.32. The average Bonchev–Trinajstić information content (AvgIpc) is 2.91. The summed E-state index contributed by atoms with van der Waals surface area (Å²) in [5.74, 6) is -0.602. The summed E-state index contributed by atoms with van der Waals surface area (Å²) in [6, 6.07) is 16.4. The van der Waals surface area contributed by atoms with Gasteiger partial charge in [-0.3, -0.25) is 18.6 Å². The molecule has 0 aliphatic carbocycles. The Hall–Kier alpha value is -3.33.